The summed E-state index contributed by atoms with van der Waals surface area (Å²) in [4.78, 5) is 12.2. The lowest BCUT2D eigenvalue weighted by molar-refractivity contribution is 0.100. The van der Waals surface area contributed by atoms with Gasteiger partial charge in [0.05, 0.1) is 0 Å². The fourth-order valence-corrected chi connectivity index (χ4v) is 2.98. The van der Waals surface area contributed by atoms with Crippen molar-refractivity contribution in [2.24, 2.45) is 5.73 Å². The third kappa shape index (κ3) is 3.66. The molecule has 0 bridgehead atoms. The molecular weight excluding hydrogens is 312 g/mol. The summed E-state index contributed by atoms with van der Waals surface area (Å²) in [6.07, 6.45) is 0. The highest BCUT2D eigenvalue weighted by molar-refractivity contribution is 9.10. The van der Waals surface area contributed by atoms with Gasteiger partial charge in [-0.25, -0.2) is 0 Å². The van der Waals surface area contributed by atoms with Crippen LogP contribution in [0.2, 0.25) is 0 Å². The summed E-state index contributed by atoms with van der Waals surface area (Å²) in [6, 6.07) is 9.44. The molecule has 0 saturated carbocycles. The van der Waals surface area contributed by atoms with Gasteiger partial charge in [-0.1, -0.05) is 12.1 Å². The second kappa shape index (κ2) is 6.13. The minimum atomic E-state index is -0.391. The minimum Gasteiger partial charge on any atom is -0.366 e. The molecule has 1 heterocycles. The zero-order valence-corrected chi connectivity index (χ0v) is 12.1. The summed E-state index contributed by atoms with van der Waals surface area (Å²) in [7, 11) is 0. The lowest BCUT2D eigenvalue weighted by Gasteiger charge is -2.04. The lowest BCUT2D eigenvalue weighted by Crippen LogP contribution is -2.13. The number of hydrogen-bond donors (Lipinski definition) is 2. The molecular formula is C13H13BrN2OS. The Morgan fingerprint density at radius 2 is 2.00 bits per heavy atom. The van der Waals surface area contributed by atoms with Crippen molar-refractivity contribution in [1.29, 1.82) is 0 Å². The van der Waals surface area contributed by atoms with E-state index in [0.29, 0.717) is 5.56 Å². The third-order valence-corrected chi connectivity index (χ3v) is 4.19. The topological polar surface area (TPSA) is 55.1 Å². The summed E-state index contributed by atoms with van der Waals surface area (Å²) in [5, 5.41) is 5.42. The molecule has 0 aliphatic heterocycles. The highest BCUT2D eigenvalue weighted by Gasteiger charge is 2.00. The number of carbonyl (C=O) groups excluding carboxylic acids is 1. The summed E-state index contributed by atoms with van der Waals surface area (Å²) < 4.78 is 1.12. The molecule has 94 valence electrons. The van der Waals surface area contributed by atoms with Gasteiger partial charge in [0, 0.05) is 33.4 Å². The van der Waals surface area contributed by atoms with Gasteiger partial charge >= 0.3 is 0 Å². The fourth-order valence-electron chi connectivity index (χ4n) is 1.56. The largest absolute Gasteiger partial charge is 0.366 e. The molecule has 0 radical (unpaired) electrons. The Labute approximate surface area is 118 Å². The van der Waals surface area contributed by atoms with Gasteiger partial charge in [-0.15, -0.1) is 11.3 Å². The quantitative estimate of drug-likeness (QED) is 0.888. The molecule has 1 aromatic carbocycles. The Balaban J connectivity index is 1.85. The maximum atomic E-state index is 10.9. The Morgan fingerprint density at radius 1 is 1.28 bits per heavy atom. The smallest absolute Gasteiger partial charge is 0.248 e. The van der Waals surface area contributed by atoms with Crippen molar-refractivity contribution in [3.05, 3.63) is 56.2 Å². The van der Waals surface area contributed by atoms with Crippen LogP contribution in [-0.2, 0) is 13.1 Å². The fraction of sp³-hybridized carbons (Fsp3) is 0.154. The van der Waals surface area contributed by atoms with E-state index in [1.54, 1.807) is 23.5 Å². The first-order chi connectivity index (χ1) is 8.65. The van der Waals surface area contributed by atoms with Gasteiger partial charge < -0.3 is 11.1 Å². The molecule has 0 aliphatic carbocycles. The minimum absolute atomic E-state index is 0.391. The average Bonchev–Trinajstić information content (AvgIpc) is 2.76. The molecule has 0 atom stereocenters. The van der Waals surface area contributed by atoms with Crippen LogP contribution in [-0.4, -0.2) is 5.91 Å². The summed E-state index contributed by atoms with van der Waals surface area (Å²) in [5.74, 6) is -0.391. The highest BCUT2D eigenvalue weighted by atomic mass is 79.9. The van der Waals surface area contributed by atoms with Crippen LogP contribution in [0.5, 0.6) is 0 Å². The number of benzene rings is 1. The molecule has 3 nitrogen and oxygen atoms in total. The molecule has 1 amide bonds. The molecule has 0 fully saturated rings. The van der Waals surface area contributed by atoms with Gasteiger partial charge in [0.25, 0.3) is 0 Å². The lowest BCUT2D eigenvalue weighted by atomic mass is 10.1. The van der Waals surface area contributed by atoms with Gasteiger partial charge in [-0.05, 0) is 39.7 Å². The molecule has 0 unspecified atom stereocenters. The third-order valence-electron chi connectivity index (χ3n) is 2.49. The molecule has 2 rings (SSSR count). The van der Waals surface area contributed by atoms with E-state index in [2.05, 4.69) is 32.7 Å². The molecule has 18 heavy (non-hydrogen) atoms. The monoisotopic (exact) mass is 324 g/mol. The standard InChI is InChI=1S/C13H13BrN2OS/c14-11-5-12(18-8-11)7-16-6-9-1-3-10(4-2-9)13(15)17/h1-5,8,16H,6-7H2,(H2,15,17). The second-order valence-electron chi connectivity index (χ2n) is 3.90. The number of thiophene rings is 1. The van der Waals surface area contributed by atoms with E-state index < -0.39 is 5.91 Å². The van der Waals surface area contributed by atoms with Crippen LogP contribution in [0.3, 0.4) is 0 Å². The van der Waals surface area contributed by atoms with Crippen LogP contribution in [0.25, 0.3) is 0 Å². The number of halogens is 1. The molecule has 0 saturated heterocycles. The maximum absolute atomic E-state index is 10.9. The molecule has 5 heteroatoms. The van der Waals surface area contributed by atoms with E-state index >= 15 is 0 Å². The van der Waals surface area contributed by atoms with Crippen LogP contribution in [0, 0.1) is 0 Å². The number of primary amides is 1. The number of nitrogens with one attached hydrogen (secondary N) is 1. The molecule has 3 N–H and O–H groups in total. The molecule has 0 spiro atoms. The maximum Gasteiger partial charge on any atom is 0.248 e. The second-order valence-corrected chi connectivity index (χ2v) is 5.81. The van der Waals surface area contributed by atoms with E-state index in [-0.39, 0.29) is 0 Å². The van der Waals surface area contributed by atoms with Crippen LogP contribution in [0.4, 0.5) is 0 Å². The molecule has 2 aromatic rings. The van der Waals surface area contributed by atoms with E-state index in [9.17, 15) is 4.79 Å². The summed E-state index contributed by atoms with van der Waals surface area (Å²) >= 11 is 5.15. The number of hydrogen-bond acceptors (Lipinski definition) is 3. The molecule has 1 aromatic heterocycles. The van der Waals surface area contributed by atoms with Crippen LogP contribution in [0.1, 0.15) is 20.8 Å². The number of amides is 1. The van der Waals surface area contributed by atoms with Gasteiger partial charge in [0.15, 0.2) is 0 Å². The van der Waals surface area contributed by atoms with E-state index in [1.165, 1.54) is 4.88 Å². The van der Waals surface area contributed by atoms with Gasteiger partial charge in [0.2, 0.25) is 5.91 Å². The van der Waals surface area contributed by atoms with Crippen molar-refractivity contribution in [2.75, 3.05) is 0 Å². The number of nitrogens with two attached hydrogens (primary N) is 1. The van der Waals surface area contributed by atoms with Crippen LogP contribution < -0.4 is 11.1 Å². The highest BCUT2D eigenvalue weighted by Crippen LogP contribution is 2.19. The summed E-state index contributed by atoms with van der Waals surface area (Å²) in [6.45, 7) is 1.61. The van der Waals surface area contributed by atoms with Crippen LogP contribution in [0.15, 0.2) is 40.2 Å². The van der Waals surface area contributed by atoms with Crippen molar-refractivity contribution in [3.63, 3.8) is 0 Å². The first kappa shape index (κ1) is 13.3. The van der Waals surface area contributed by atoms with Gasteiger partial charge in [-0.3, -0.25) is 4.79 Å². The van der Waals surface area contributed by atoms with Gasteiger partial charge in [-0.2, -0.15) is 0 Å². The molecule has 0 aliphatic rings. The first-order valence-corrected chi connectivity index (χ1v) is 7.15. The van der Waals surface area contributed by atoms with E-state index in [4.69, 9.17) is 5.73 Å². The zero-order valence-electron chi connectivity index (χ0n) is 9.65. The Hall–Kier alpha value is -1.17. The van der Waals surface area contributed by atoms with Crippen molar-refractivity contribution >= 4 is 33.2 Å². The Bertz CT molecular complexity index is 536. The van der Waals surface area contributed by atoms with E-state index in [0.717, 1.165) is 23.1 Å². The van der Waals surface area contributed by atoms with E-state index in [1.807, 2.05) is 12.1 Å². The predicted octanol–water partition coefficient (Wildman–Crippen LogP) is 2.90. The Kier molecular flexibility index (Phi) is 4.52. The zero-order chi connectivity index (χ0) is 13.0. The van der Waals surface area contributed by atoms with Gasteiger partial charge in [0.1, 0.15) is 0 Å². The normalized spacial score (nSPS) is 10.5. The van der Waals surface area contributed by atoms with Crippen molar-refractivity contribution in [2.45, 2.75) is 13.1 Å². The summed E-state index contributed by atoms with van der Waals surface area (Å²) in [5.41, 5.74) is 6.86. The number of rotatable bonds is 5. The van der Waals surface area contributed by atoms with Crippen molar-refractivity contribution in [1.82, 2.24) is 5.32 Å². The predicted molar refractivity (Wildman–Crippen MR) is 77.5 cm³/mol. The van der Waals surface area contributed by atoms with Crippen molar-refractivity contribution < 1.29 is 4.79 Å². The first-order valence-electron chi connectivity index (χ1n) is 5.47. The van der Waals surface area contributed by atoms with Crippen molar-refractivity contribution in [3.8, 4) is 0 Å². The average molecular weight is 325 g/mol. The number of carbonyl (C=O) groups is 1. The SMILES string of the molecule is NC(=O)c1ccc(CNCc2cc(Br)cs2)cc1. The Morgan fingerprint density at radius 3 is 2.56 bits per heavy atom. The van der Waals surface area contributed by atoms with Crippen LogP contribution >= 0.6 is 27.3 Å².